The highest BCUT2D eigenvalue weighted by atomic mass is 16.6. The topological polar surface area (TPSA) is 72.8 Å². The van der Waals surface area contributed by atoms with E-state index in [-0.39, 0.29) is 25.2 Å². The summed E-state index contributed by atoms with van der Waals surface area (Å²) in [5.74, 6) is -0.607. The summed E-state index contributed by atoms with van der Waals surface area (Å²) in [6.45, 7) is 3.99. The number of hydrogen-bond donors (Lipinski definition) is 1. The average molecular weight is 457 g/mol. The molecule has 0 spiro atoms. The maximum Gasteiger partial charge on any atom is 0.306 e. The van der Waals surface area contributed by atoms with E-state index >= 15 is 0 Å². The van der Waals surface area contributed by atoms with Crippen molar-refractivity contribution in [1.29, 1.82) is 0 Å². The van der Waals surface area contributed by atoms with E-state index < -0.39 is 6.10 Å². The van der Waals surface area contributed by atoms with Crippen molar-refractivity contribution in [3.8, 4) is 0 Å². The molecule has 1 atom stereocenters. The van der Waals surface area contributed by atoms with Crippen molar-refractivity contribution in [1.82, 2.24) is 0 Å². The zero-order valence-electron chi connectivity index (χ0n) is 21.2. The van der Waals surface area contributed by atoms with Gasteiger partial charge in [0.2, 0.25) is 0 Å². The molecule has 0 bridgehead atoms. The summed E-state index contributed by atoms with van der Waals surface area (Å²) in [6, 6.07) is 0. The van der Waals surface area contributed by atoms with Crippen LogP contribution >= 0.6 is 0 Å². The van der Waals surface area contributed by atoms with E-state index in [0.29, 0.717) is 12.8 Å². The first-order valence-electron chi connectivity index (χ1n) is 13.6. The zero-order valence-corrected chi connectivity index (χ0v) is 21.2. The summed E-state index contributed by atoms with van der Waals surface area (Å²) in [7, 11) is 0. The molecule has 1 unspecified atom stereocenters. The SMILES string of the molecule is CCCCCCCCCCCCCCCCC(=O)OC(CO)COC(=O)CCCCCC. The molecular formula is C27H52O5. The fourth-order valence-electron chi connectivity index (χ4n) is 3.79. The van der Waals surface area contributed by atoms with E-state index in [2.05, 4.69) is 13.8 Å². The Labute approximate surface area is 198 Å². The molecule has 0 saturated carbocycles. The van der Waals surface area contributed by atoms with Crippen molar-refractivity contribution in [3.63, 3.8) is 0 Å². The van der Waals surface area contributed by atoms with E-state index in [1.165, 1.54) is 70.6 Å². The van der Waals surface area contributed by atoms with Gasteiger partial charge in [-0.15, -0.1) is 0 Å². The molecule has 0 radical (unpaired) electrons. The van der Waals surface area contributed by atoms with Gasteiger partial charge in [0.1, 0.15) is 6.61 Å². The quantitative estimate of drug-likeness (QED) is 0.122. The van der Waals surface area contributed by atoms with Crippen LogP contribution in [0, 0.1) is 0 Å². The Bertz CT molecular complexity index is 424. The lowest BCUT2D eigenvalue weighted by molar-refractivity contribution is -0.161. The molecule has 32 heavy (non-hydrogen) atoms. The molecule has 0 aromatic rings. The second kappa shape index (κ2) is 24.5. The third-order valence-electron chi connectivity index (χ3n) is 5.90. The van der Waals surface area contributed by atoms with Crippen LogP contribution in [0.15, 0.2) is 0 Å². The number of ether oxygens (including phenoxy) is 2. The standard InChI is InChI=1S/C27H52O5/c1-3-5-7-9-10-11-12-13-14-15-16-17-18-20-22-27(30)32-25(23-28)24-31-26(29)21-19-8-6-4-2/h25,28H,3-24H2,1-2H3. The van der Waals surface area contributed by atoms with Crippen LogP contribution in [-0.4, -0.2) is 36.4 Å². The molecule has 0 heterocycles. The van der Waals surface area contributed by atoms with Gasteiger partial charge in [-0.05, 0) is 12.8 Å². The van der Waals surface area contributed by atoms with E-state index in [1.54, 1.807) is 0 Å². The normalized spacial score (nSPS) is 12.0. The average Bonchev–Trinajstić information content (AvgIpc) is 2.79. The predicted molar refractivity (Wildman–Crippen MR) is 132 cm³/mol. The number of rotatable bonds is 24. The maximum absolute atomic E-state index is 11.9. The number of carbonyl (C=O) groups is 2. The maximum atomic E-state index is 11.9. The molecule has 0 aromatic heterocycles. The second-order valence-electron chi connectivity index (χ2n) is 9.13. The van der Waals surface area contributed by atoms with Gasteiger partial charge < -0.3 is 14.6 Å². The van der Waals surface area contributed by atoms with Crippen LogP contribution in [0.2, 0.25) is 0 Å². The Hall–Kier alpha value is -1.10. The minimum absolute atomic E-state index is 0.0619. The Morgan fingerprint density at radius 1 is 0.594 bits per heavy atom. The molecule has 0 saturated heterocycles. The number of unbranched alkanes of at least 4 members (excludes halogenated alkanes) is 16. The summed E-state index contributed by atoms with van der Waals surface area (Å²) < 4.78 is 10.4. The highest BCUT2D eigenvalue weighted by Gasteiger charge is 2.16. The Kier molecular flexibility index (Phi) is 23.7. The van der Waals surface area contributed by atoms with Crippen molar-refractivity contribution < 1.29 is 24.2 Å². The van der Waals surface area contributed by atoms with Gasteiger partial charge in [0.05, 0.1) is 6.61 Å². The third kappa shape index (κ3) is 22.1. The van der Waals surface area contributed by atoms with Crippen LogP contribution in [0.25, 0.3) is 0 Å². The number of carbonyl (C=O) groups excluding carboxylic acids is 2. The van der Waals surface area contributed by atoms with E-state index in [0.717, 1.165) is 44.9 Å². The highest BCUT2D eigenvalue weighted by Crippen LogP contribution is 2.13. The van der Waals surface area contributed by atoms with Crippen molar-refractivity contribution in [3.05, 3.63) is 0 Å². The van der Waals surface area contributed by atoms with Crippen LogP contribution < -0.4 is 0 Å². The highest BCUT2D eigenvalue weighted by molar-refractivity contribution is 5.70. The summed E-state index contributed by atoms with van der Waals surface area (Å²) in [6.07, 6.45) is 21.9. The van der Waals surface area contributed by atoms with Crippen LogP contribution in [0.1, 0.15) is 142 Å². The van der Waals surface area contributed by atoms with Crippen molar-refractivity contribution in [2.45, 2.75) is 148 Å². The largest absolute Gasteiger partial charge is 0.462 e. The van der Waals surface area contributed by atoms with Crippen molar-refractivity contribution >= 4 is 11.9 Å². The first-order valence-corrected chi connectivity index (χ1v) is 13.6. The number of hydrogen-bond acceptors (Lipinski definition) is 5. The molecule has 0 aliphatic rings. The fourth-order valence-corrected chi connectivity index (χ4v) is 3.79. The van der Waals surface area contributed by atoms with Gasteiger partial charge in [-0.2, -0.15) is 0 Å². The molecule has 0 aromatic carbocycles. The zero-order chi connectivity index (χ0) is 23.7. The third-order valence-corrected chi connectivity index (χ3v) is 5.90. The monoisotopic (exact) mass is 456 g/mol. The Morgan fingerprint density at radius 3 is 1.41 bits per heavy atom. The van der Waals surface area contributed by atoms with Crippen LogP contribution in [0.3, 0.4) is 0 Å². The van der Waals surface area contributed by atoms with Crippen LogP contribution in [0.4, 0.5) is 0 Å². The predicted octanol–water partition coefficient (Wildman–Crippen LogP) is 7.28. The number of aliphatic hydroxyl groups is 1. The van der Waals surface area contributed by atoms with Gasteiger partial charge in [0, 0.05) is 12.8 Å². The van der Waals surface area contributed by atoms with Gasteiger partial charge in [-0.3, -0.25) is 9.59 Å². The molecule has 0 amide bonds. The summed E-state index contributed by atoms with van der Waals surface area (Å²) in [4.78, 5) is 23.6. The lowest BCUT2D eigenvalue weighted by Crippen LogP contribution is -2.28. The summed E-state index contributed by atoms with van der Waals surface area (Å²) in [5, 5.41) is 9.36. The van der Waals surface area contributed by atoms with Gasteiger partial charge >= 0.3 is 11.9 Å². The fraction of sp³-hybridized carbons (Fsp3) is 0.926. The summed E-state index contributed by atoms with van der Waals surface area (Å²) in [5.41, 5.74) is 0. The molecule has 1 N–H and O–H groups in total. The molecular weight excluding hydrogens is 404 g/mol. The molecule has 5 heteroatoms. The first-order chi connectivity index (χ1) is 15.6. The number of aliphatic hydroxyl groups excluding tert-OH is 1. The Morgan fingerprint density at radius 2 is 0.969 bits per heavy atom. The van der Waals surface area contributed by atoms with Crippen molar-refractivity contribution in [2.24, 2.45) is 0 Å². The van der Waals surface area contributed by atoms with Crippen molar-refractivity contribution in [2.75, 3.05) is 13.2 Å². The summed E-state index contributed by atoms with van der Waals surface area (Å²) >= 11 is 0. The number of esters is 2. The van der Waals surface area contributed by atoms with E-state index in [4.69, 9.17) is 9.47 Å². The first kappa shape index (κ1) is 30.9. The van der Waals surface area contributed by atoms with E-state index in [1.807, 2.05) is 0 Å². The second-order valence-corrected chi connectivity index (χ2v) is 9.13. The van der Waals surface area contributed by atoms with Gasteiger partial charge in [0.25, 0.3) is 0 Å². The van der Waals surface area contributed by atoms with E-state index in [9.17, 15) is 14.7 Å². The lowest BCUT2D eigenvalue weighted by atomic mass is 10.0. The molecule has 0 fully saturated rings. The van der Waals surface area contributed by atoms with Gasteiger partial charge in [-0.1, -0.05) is 117 Å². The smallest absolute Gasteiger partial charge is 0.306 e. The van der Waals surface area contributed by atoms with Crippen LogP contribution in [0.5, 0.6) is 0 Å². The minimum atomic E-state index is -0.756. The molecule has 190 valence electrons. The lowest BCUT2D eigenvalue weighted by Gasteiger charge is -2.15. The minimum Gasteiger partial charge on any atom is -0.462 e. The molecule has 0 aliphatic carbocycles. The molecule has 5 nitrogen and oxygen atoms in total. The van der Waals surface area contributed by atoms with Crippen LogP contribution in [-0.2, 0) is 19.1 Å². The van der Waals surface area contributed by atoms with Gasteiger partial charge in [0.15, 0.2) is 6.10 Å². The molecule has 0 aliphatic heterocycles. The molecule has 0 rings (SSSR count). The Balaban J connectivity index is 3.52. The van der Waals surface area contributed by atoms with Gasteiger partial charge in [-0.25, -0.2) is 0 Å².